The van der Waals surface area contributed by atoms with Crippen LogP contribution in [0.3, 0.4) is 0 Å². The van der Waals surface area contributed by atoms with Crippen LogP contribution in [0.2, 0.25) is 0 Å². The Balaban J connectivity index is 2.34. The van der Waals surface area contributed by atoms with Crippen LogP contribution in [0.1, 0.15) is 33.1 Å². The molecule has 0 aromatic carbocycles. The highest BCUT2D eigenvalue weighted by Crippen LogP contribution is 2.28. The van der Waals surface area contributed by atoms with Gasteiger partial charge in [-0.05, 0) is 31.3 Å². The van der Waals surface area contributed by atoms with Crippen LogP contribution in [0.25, 0.3) is 0 Å². The van der Waals surface area contributed by atoms with E-state index in [0.717, 1.165) is 6.54 Å². The van der Waals surface area contributed by atoms with Gasteiger partial charge in [0.2, 0.25) is 0 Å². The highest BCUT2D eigenvalue weighted by molar-refractivity contribution is 8.14. The SMILES string of the molecule is CCC1(CC)CSC(=NCCCSC)N1. The van der Waals surface area contributed by atoms with Gasteiger partial charge in [-0.1, -0.05) is 25.6 Å². The number of nitrogens with zero attached hydrogens (tertiary/aromatic N) is 1. The third-order valence-electron chi connectivity index (χ3n) is 2.97. The van der Waals surface area contributed by atoms with Crippen LogP contribution in [0, 0.1) is 0 Å². The molecule has 0 spiro atoms. The normalized spacial score (nSPS) is 21.9. The van der Waals surface area contributed by atoms with Gasteiger partial charge < -0.3 is 5.32 Å². The first-order chi connectivity index (χ1) is 7.26. The van der Waals surface area contributed by atoms with Crippen molar-refractivity contribution in [1.29, 1.82) is 0 Å². The largest absolute Gasteiger partial charge is 0.359 e. The van der Waals surface area contributed by atoms with Crippen molar-refractivity contribution in [3.8, 4) is 0 Å². The number of nitrogens with one attached hydrogen (secondary N) is 1. The fourth-order valence-electron chi connectivity index (χ4n) is 1.61. The Labute approximate surface area is 102 Å². The monoisotopic (exact) mass is 246 g/mol. The number of rotatable bonds is 6. The van der Waals surface area contributed by atoms with Gasteiger partial charge in [0.1, 0.15) is 0 Å². The van der Waals surface area contributed by atoms with Crippen LogP contribution in [0.5, 0.6) is 0 Å². The molecular formula is C11H22N2S2. The molecule has 1 aliphatic heterocycles. The molecule has 0 aliphatic carbocycles. The summed E-state index contributed by atoms with van der Waals surface area (Å²) in [5, 5.41) is 4.75. The van der Waals surface area contributed by atoms with Crippen LogP contribution in [-0.4, -0.2) is 35.0 Å². The van der Waals surface area contributed by atoms with E-state index in [9.17, 15) is 0 Å². The van der Waals surface area contributed by atoms with E-state index >= 15 is 0 Å². The Kier molecular flexibility index (Phi) is 5.90. The van der Waals surface area contributed by atoms with Crippen molar-refractivity contribution in [3.05, 3.63) is 0 Å². The Bertz CT molecular complexity index is 213. The number of amidine groups is 1. The number of thioether (sulfide) groups is 2. The molecule has 1 saturated heterocycles. The number of aliphatic imine (C=N–C) groups is 1. The zero-order valence-electron chi connectivity index (χ0n) is 10.0. The molecule has 0 atom stereocenters. The maximum absolute atomic E-state index is 4.61. The van der Waals surface area contributed by atoms with Crippen molar-refractivity contribution < 1.29 is 0 Å². The summed E-state index contributed by atoms with van der Waals surface area (Å²) in [6.07, 6.45) is 5.73. The first kappa shape index (κ1) is 13.2. The first-order valence-electron chi connectivity index (χ1n) is 5.70. The second kappa shape index (κ2) is 6.69. The third-order valence-corrected chi connectivity index (χ3v) is 4.87. The van der Waals surface area contributed by atoms with E-state index in [1.54, 1.807) is 0 Å². The average Bonchev–Trinajstić information content (AvgIpc) is 2.69. The molecule has 0 unspecified atom stereocenters. The summed E-state index contributed by atoms with van der Waals surface area (Å²) in [6.45, 7) is 5.49. The molecule has 15 heavy (non-hydrogen) atoms. The van der Waals surface area contributed by atoms with Gasteiger partial charge in [0.25, 0.3) is 0 Å². The molecular weight excluding hydrogens is 224 g/mol. The lowest BCUT2D eigenvalue weighted by Crippen LogP contribution is -2.42. The molecule has 88 valence electrons. The van der Waals surface area contributed by atoms with Crippen LogP contribution >= 0.6 is 23.5 Å². The van der Waals surface area contributed by atoms with Gasteiger partial charge in [0, 0.05) is 17.8 Å². The van der Waals surface area contributed by atoms with Crippen molar-refractivity contribution in [3.63, 3.8) is 0 Å². The van der Waals surface area contributed by atoms with E-state index in [1.807, 2.05) is 23.5 Å². The van der Waals surface area contributed by atoms with E-state index in [4.69, 9.17) is 0 Å². The molecule has 1 rings (SSSR count). The van der Waals surface area contributed by atoms with Crippen LogP contribution in [0.15, 0.2) is 4.99 Å². The first-order valence-corrected chi connectivity index (χ1v) is 8.08. The van der Waals surface area contributed by atoms with Crippen molar-refractivity contribution in [1.82, 2.24) is 5.32 Å². The fourth-order valence-corrected chi connectivity index (χ4v) is 3.39. The zero-order chi connectivity index (χ0) is 11.1. The summed E-state index contributed by atoms with van der Waals surface area (Å²) in [7, 11) is 0. The quantitative estimate of drug-likeness (QED) is 0.729. The second-order valence-corrected chi connectivity index (χ2v) is 5.88. The van der Waals surface area contributed by atoms with E-state index in [0.29, 0.717) is 5.54 Å². The molecule has 0 bridgehead atoms. The molecule has 2 nitrogen and oxygen atoms in total. The van der Waals surface area contributed by atoms with Gasteiger partial charge in [-0.25, -0.2) is 0 Å². The number of hydrogen-bond donors (Lipinski definition) is 1. The van der Waals surface area contributed by atoms with Crippen molar-refractivity contribution in [2.45, 2.75) is 38.6 Å². The summed E-state index contributed by atoms with van der Waals surface area (Å²) in [6, 6.07) is 0. The summed E-state index contributed by atoms with van der Waals surface area (Å²) in [5.41, 5.74) is 0.322. The maximum atomic E-state index is 4.61. The van der Waals surface area contributed by atoms with Crippen molar-refractivity contribution in [2.75, 3.05) is 24.3 Å². The molecule has 1 fully saturated rings. The van der Waals surface area contributed by atoms with E-state index in [-0.39, 0.29) is 0 Å². The average molecular weight is 246 g/mol. The maximum Gasteiger partial charge on any atom is 0.157 e. The molecule has 1 heterocycles. The fraction of sp³-hybridized carbons (Fsp3) is 0.909. The minimum absolute atomic E-state index is 0.322. The summed E-state index contributed by atoms with van der Waals surface area (Å²) >= 11 is 3.79. The highest BCUT2D eigenvalue weighted by Gasteiger charge is 2.33. The highest BCUT2D eigenvalue weighted by atomic mass is 32.2. The lowest BCUT2D eigenvalue weighted by molar-refractivity contribution is 0.407. The Morgan fingerprint density at radius 2 is 2.20 bits per heavy atom. The minimum atomic E-state index is 0.322. The molecule has 1 aliphatic rings. The summed E-state index contributed by atoms with van der Waals surface area (Å²) < 4.78 is 0. The Morgan fingerprint density at radius 3 is 2.73 bits per heavy atom. The molecule has 0 aromatic rings. The van der Waals surface area contributed by atoms with E-state index in [1.165, 1.54) is 35.9 Å². The number of hydrogen-bond acceptors (Lipinski definition) is 3. The summed E-state index contributed by atoms with van der Waals surface area (Å²) in [5.74, 6) is 2.40. The molecule has 1 N–H and O–H groups in total. The van der Waals surface area contributed by atoms with Gasteiger partial charge in [-0.2, -0.15) is 11.8 Å². The lowest BCUT2D eigenvalue weighted by atomic mass is 9.96. The van der Waals surface area contributed by atoms with E-state index in [2.05, 4.69) is 30.4 Å². The molecule has 0 aromatic heterocycles. The van der Waals surface area contributed by atoms with Gasteiger partial charge in [-0.15, -0.1) is 0 Å². The minimum Gasteiger partial charge on any atom is -0.359 e. The van der Waals surface area contributed by atoms with Crippen LogP contribution in [-0.2, 0) is 0 Å². The van der Waals surface area contributed by atoms with Crippen LogP contribution < -0.4 is 5.32 Å². The van der Waals surface area contributed by atoms with Gasteiger partial charge in [0.05, 0.1) is 0 Å². The second-order valence-electron chi connectivity index (χ2n) is 3.93. The van der Waals surface area contributed by atoms with Crippen molar-refractivity contribution >= 4 is 28.7 Å². The van der Waals surface area contributed by atoms with Crippen molar-refractivity contribution in [2.24, 2.45) is 4.99 Å². The lowest BCUT2D eigenvalue weighted by Gasteiger charge is -2.25. The summed E-state index contributed by atoms with van der Waals surface area (Å²) in [4.78, 5) is 4.61. The smallest absolute Gasteiger partial charge is 0.157 e. The molecule has 0 radical (unpaired) electrons. The van der Waals surface area contributed by atoms with Gasteiger partial charge >= 0.3 is 0 Å². The standard InChI is InChI=1S/C11H22N2S2/c1-4-11(5-2)9-15-10(13-11)12-7-6-8-14-3/h4-9H2,1-3H3,(H,12,13). The van der Waals surface area contributed by atoms with Crippen LogP contribution in [0.4, 0.5) is 0 Å². The predicted molar refractivity (Wildman–Crippen MR) is 74.2 cm³/mol. The Morgan fingerprint density at radius 1 is 1.47 bits per heavy atom. The molecule has 4 heteroatoms. The van der Waals surface area contributed by atoms with Gasteiger partial charge in [0.15, 0.2) is 5.17 Å². The molecule has 0 amide bonds. The Hall–Kier alpha value is 0.170. The van der Waals surface area contributed by atoms with E-state index < -0.39 is 0 Å². The third kappa shape index (κ3) is 3.91. The molecule has 0 saturated carbocycles. The topological polar surface area (TPSA) is 24.4 Å². The predicted octanol–water partition coefficient (Wildman–Crippen LogP) is 2.99. The van der Waals surface area contributed by atoms with Gasteiger partial charge in [-0.3, -0.25) is 4.99 Å². The zero-order valence-corrected chi connectivity index (χ0v) is 11.6.